The van der Waals surface area contributed by atoms with Crippen molar-refractivity contribution in [2.24, 2.45) is 0 Å². The first-order chi connectivity index (χ1) is 10.1. The maximum absolute atomic E-state index is 11.5. The molecule has 1 aromatic carbocycles. The number of carbonyl (C=O) groups is 1. The third kappa shape index (κ3) is 2.99. The van der Waals surface area contributed by atoms with Gasteiger partial charge < -0.3 is 16.0 Å². The van der Waals surface area contributed by atoms with Crippen LogP contribution in [0.2, 0.25) is 0 Å². The average Bonchev–Trinajstić information content (AvgIpc) is 2.74. The highest BCUT2D eigenvalue weighted by Gasteiger charge is 2.22. The van der Waals surface area contributed by atoms with Gasteiger partial charge in [0, 0.05) is 25.2 Å². The number of nitrogens with two attached hydrogens (primary N) is 1. The van der Waals surface area contributed by atoms with Gasteiger partial charge in [0.25, 0.3) is 0 Å². The lowest BCUT2D eigenvalue weighted by molar-refractivity contribution is -0.116. The fraction of sp³-hybridized carbons (Fsp3) is 0.588. The quantitative estimate of drug-likeness (QED) is 0.648. The molecule has 4 heteroatoms. The van der Waals surface area contributed by atoms with Crippen molar-refractivity contribution in [2.45, 2.75) is 57.4 Å². The Hall–Kier alpha value is -1.71. The molecule has 3 N–H and O–H groups in total. The van der Waals surface area contributed by atoms with E-state index in [1.807, 2.05) is 6.07 Å². The van der Waals surface area contributed by atoms with Crippen molar-refractivity contribution in [2.75, 3.05) is 23.0 Å². The second kappa shape index (κ2) is 5.96. The summed E-state index contributed by atoms with van der Waals surface area (Å²) in [4.78, 5) is 13.8. The number of benzene rings is 1. The van der Waals surface area contributed by atoms with Crippen LogP contribution in [-0.2, 0) is 11.2 Å². The van der Waals surface area contributed by atoms with Gasteiger partial charge in [-0.25, -0.2) is 0 Å². The van der Waals surface area contributed by atoms with E-state index in [2.05, 4.69) is 23.3 Å². The van der Waals surface area contributed by atoms with Crippen molar-refractivity contribution in [3.8, 4) is 0 Å². The molecule has 1 aliphatic carbocycles. The van der Waals surface area contributed by atoms with Gasteiger partial charge in [-0.2, -0.15) is 0 Å². The minimum absolute atomic E-state index is 0.0896. The van der Waals surface area contributed by atoms with Gasteiger partial charge >= 0.3 is 0 Å². The molecule has 114 valence electrons. The van der Waals surface area contributed by atoms with Crippen LogP contribution in [0, 0.1) is 0 Å². The summed E-state index contributed by atoms with van der Waals surface area (Å²) in [5.41, 5.74) is 10.2. The van der Waals surface area contributed by atoms with E-state index in [1.165, 1.54) is 44.1 Å². The summed E-state index contributed by atoms with van der Waals surface area (Å²) in [6, 6.07) is 4.69. The first kappa shape index (κ1) is 14.2. The molecule has 0 aromatic heterocycles. The number of nitrogen functional groups attached to an aromatic ring is 1. The highest BCUT2D eigenvalue weighted by Crippen LogP contribution is 2.35. The predicted octanol–water partition coefficient (Wildman–Crippen LogP) is 3.31. The van der Waals surface area contributed by atoms with Crippen LogP contribution in [0.5, 0.6) is 0 Å². The van der Waals surface area contributed by atoms with Gasteiger partial charge in [0.05, 0.1) is 11.4 Å². The summed E-state index contributed by atoms with van der Waals surface area (Å²) in [6.45, 7) is 0. The predicted molar refractivity (Wildman–Crippen MR) is 87.7 cm³/mol. The van der Waals surface area contributed by atoms with E-state index in [9.17, 15) is 4.79 Å². The molecular formula is C17H25N3O. The number of nitrogens with zero attached hydrogens (tertiary/aromatic N) is 1. The third-order valence-corrected chi connectivity index (χ3v) is 4.90. The van der Waals surface area contributed by atoms with Gasteiger partial charge in [0.15, 0.2) is 0 Å². The molecule has 1 aliphatic heterocycles. The van der Waals surface area contributed by atoms with Gasteiger partial charge in [-0.15, -0.1) is 0 Å². The Morgan fingerprint density at radius 2 is 1.86 bits per heavy atom. The van der Waals surface area contributed by atoms with Crippen molar-refractivity contribution in [1.82, 2.24) is 0 Å². The first-order valence-corrected chi connectivity index (χ1v) is 8.10. The lowest BCUT2D eigenvalue weighted by Gasteiger charge is -2.31. The summed E-state index contributed by atoms with van der Waals surface area (Å²) in [7, 11) is 2.16. The van der Waals surface area contributed by atoms with E-state index >= 15 is 0 Å². The van der Waals surface area contributed by atoms with Gasteiger partial charge in [0.2, 0.25) is 5.91 Å². The largest absolute Gasteiger partial charge is 0.397 e. The zero-order valence-corrected chi connectivity index (χ0v) is 12.8. The van der Waals surface area contributed by atoms with Crippen LogP contribution in [0.1, 0.15) is 50.5 Å². The fourth-order valence-corrected chi connectivity index (χ4v) is 3.58. The first-order valence-electron chi connectivity index (χ1n) is 8.10. The lowest BCUT2D eigenvalue weighted by Crippen LogP contribution is -2.32. The molecule has 3 rings (SSSR count). The molecular weight excluding hydrogens is 262 g/mol. The van der Waals surface area contributed by atoms with Gasteiger partial charge in [-0.3, -0.25) is 4.79 Å². The maximum Gasteiger partial charge on any atom is 0.224 e. The zero-order valence-electron chi connectivity index (χ0n) is 12.8. The molecule has 21 heavy (non-hydrogen) atoms. The molecule has 1 aromatic rings. The number of amides is 1. The Morgan fingerprint density at radius 1 is 1.14 bits per heavy atom. The number of hydrogen-bond acceptors (Lipinski definition) is 3. The van der Waals surface area contributed by atoms with Crippen molar-refractivity contribution >= 4 is 23.0 Å². The monoisotopic (exact) mass is 287 g/mol. The van der Waals surface area contributed by atoms with Gasteiger partial charge in [-0.05, 0) is 37.0 Å². The van der Waals surface area contributed by atoms with E-state index in [4.69, 9.17) is 5.73 Å². The summed E-state index contributed by atoms with van der Waals surface area (Å²) in [6.07, 6.45) is 9.24. The van der Waals surface area contributed by atoms with Crippen molar-refractivity contribution in [3.63, 3.8) is 0 Å². The Morgan fingerprint density at radius 3 is 2.57 bits per heavy atom. The third-order valence-electron chi connectivity index (χ3n) is 4.90. The average molecular weight is 287 g/mol. The number of carbonyl (C=O) groups excluding carboxylic acids is 1. The van der Waals surface area contributed by atoms with Crippen LogP contribution >= 0.6 is 0 Å². The molecule has 0 saturated heterocycles. The van der Waals surface area contributed by atoms with E-state index in [-0.39, 0.29) is 5.91 Å². The molecule has 1 heterocycles. The standard InChI is InChI=1S/C17H25N3O/c1-20(13-6-4-2-3-5-7-13)16-10-12-8-9-17(21)19-15(12)11-14(16)18/h10-11,13H,2-9,18H2,1H3,(H,19,21). The van der Waals surface area contributed by atoms with Crippen LogP contribution in [0.3, 0.4) is 0 Å². The second-order valence-electron chi connectivity index (χ2n) is 6.37. The Kier molecular flexibility index (Phi) is 4.04. The fourth-order valence-electron chi connectivity index (χ4n) is 3.58. The topological polar surface area (TPSA) is 58.4 Å². The number of rotatable bonds is 2. The van der Waals surface area contributed by atoms with Crippen LogP contribution in [0.4, 0.5) is 17.1 Å². The zero-order chi connectivity index (χ0) is 14.8. The molecule has 1 amide bonds. The molecule has 0 atom stereocenters. The van der Waals surface area contributed by atoms with E-state index in [0.717, 1.165) is 23.5 Å². The summed E-state index contributed by atoms with van der Waals surface area (Å²) < 4.78 is 0. The van der Waals surface area contributed by atoms with Crippen LogP contribution in [0.25, 0.3) is 0 Å². The number of nitrogens with one attached hydrogen (secondary N) is 1. The molecule has 1 saturated carbocycles. The van der Waals surface area contributed by atoms with Gasteiger partial charge in [-0.1, -0.05) is 25.7 Å². The Bertz CT molecular complexity index is 533. The summed E-state index contributed by atoms with van der Waals surface area (Å²) in [5.74, 6) is 0.0896. The smallest absolute Gasteiger partial charge is 0.224 e. The minimum atomic E-state index is 0.0896. The molecule has 0 unspecified atom stereocenters. The number of anilines is 3. The molecule has 0 radical (unpaired) electrons. The highest BCUT2D eigenvalue weighted by molar-refractivity contribution is 5.95. The Labute approximate surface area is 126 Å². The number of hydrogen-bond donors (Lipinski definition) is 2. The number of fused-ring (bicyclic) bond motifs is 1. The van der Waals surface area contributed by atoms with Crippen molar-refractivity contribution in [1.29, 1.82) is 0 Å². The molecule has 4 nitrogen and oxygen atoms in total. The molecule has 1 fully saturated rings. The van der Waals surface area contributed by atoms with Crippen LogP contribution in [0.15, 0.2) is 12.1 Å². The normalized spacial score (nSPS) is 19.6. The lowest BCUT2D eigenvalue weighted by atomic mass is 9.99. The van der Waals surface area contributed by atoms with E-state index in [1.54, 1.807) is 0 Å². The van der Waals surface area contributed by atoms with E-state index in [0.29, 0.717) is 12.5 Å². The Balaban J connectivity index is 1.85. The maximum atomic E-state index is 11.5. The second-order valence-corrected chi connectivity index (χ2v) is 6.37. The number of aryl methyl sites for hydroxylation is 1. The van der Waals surface area contributed by atoms with Gasteiger partial charge in [0.1, 0.15) is 0 Å². The molecule has 2 aliphatic rings. The van der Waals surface area contributed by atoms with Crippen molar-refractivity contribution in [3.05, 3.63) is 17.7 Å². The van der Waals surface area contributed by atoms with Crippen LogP contribution in [-0.4, -0.2) is 19.0 Å². The minimum Gasteiger partial charge on any atom is -0.397 e. The van der Waals surface area contributed by atoms with Crippen molar-refractivity contribution < 1.29 is 4.79 Å². The SMILES string of the molecule is CN(c1cc2c(cc1N)NC(=O)CC2)C1CCCCCC1. The van der Waals surface area contributed by atoms with E-state index < -0.39 is 0 Å². The van der Waals surface area contributed by atoms with Crippen LogP contribution < -0.4 is 16.0 Å². The highest BCUT2D eigenvalue weighted by atomic mass is 16.1. The molecule has 0 bridgehead atoms. The summed E-state index contributed by atoms with van der Waals surface area (Å²) >= 11 is 0. The summed E-state index contributed by atoms with van der Waals surface area (Å²) in [5, 5.41) is 2.92. The molecule has 0 spiro atoms.